The molecule has 0 saturated heterocycles. The molecule has 2 aromatic rings. The summed E-state index contributed by atoms with van der Waals surface area (Å²) in [6, 6.07) is 10.8. The summed E-state index contributed by atoms with van der Waals surface area (Å²) in [6.07, 6.45) is 1.71. The topological polar surface area (TPSA) is 46.2 Å². The van der Waals surface area contributed by atoms with E-state index in [1.54, 1.807) is 18.2 Å². The molecule has 1 N–H and O–H groups in total. The first-order chi connectivity index (χ1) is 9.83. The van der Waals surface area contributed by atoms with Gasteiger partial charge in [-0.3, -0.25) is 4.72 Å². The minimum atomic E-state index is -3.61. The van der Waals surface area contributed by atoms with Crippen molar-refractivity contribution in [2.45, 2.75) is 4.90 Å². The second-order valence-corrected chi connectivity index (χ2v) is 9.32. The van der Waals surface area contributed by atoms with Gasteiger partial charge in [-0.15, -0.1) is 0 Å². The molecule has 7 heteroatoms. The van der Waals surface area contributed by atoms with Crippen LogP contribution in [0.5, 0.6) is 0 Å². The molecule has 0 saturated carbocycles. The lowest BCUT2D eigenvalue weighted by Gasteiger charge is -2.12. The molecule has 0 fully saturated rings. The third kappa shape index (κ3) is 4.32. The maximum atomic E-state index is 12.6. The predicted octanol–water partition coefficient (Wildman–Crippen LogP) is 4.94. The van der Waals surface area contributed by atoms with E-state index >= 15 is 0 Å². The molecule has 2 rings (SSSR count). The van der Waals surface area contributed by atoms with Crippen LogP contribution in [0.4, 0.5) is 5.69 Å². The van der Waals surface area contributed by atoms with Crippen LogP contribution in [0.3, 0.4) is 0 Å². The molecule has 0 spiro atoms. The van der Waals surface area contributed by atoms with Gasteiger partial charge in [0.2, 0.25) is 0 Å². The molecule has 0 aliphatic rings. The van der Waals surface area contributed by atoms with Crippen LogP contribution in [0.2, 0.25) is 0 Å². The second kappa shape index (κ2) is 7.13. The van der Waals surface area contributed by atoms with Gasteiger partial charge in [0.15, 0.2) is 0 Å². The molecule has 0 unspecified atom stereocenters. The van der Waals surface area contributed by atoms with E-state index in [9.17, 15) is 8.42 Å². The lowest BCUT2D eigenvalue weighted by Crippen LogP contribution is -2.16. The van der Waals surface area contributed by atoms with Crippen molar-refractivity contribution < 1.29 is 8.42 Å². The second-order valence-electron chi connectivity index (χ2n) is 4.13. The highest BCUT2D eigenvalue weighted by molar-refractivity contribution is 14.1. The van der Waals surface area contributed by atoms with Crippen LogP contribution in [-0.4, -0.2) is 8.42 Å². The summed E-state index contributed by atoms with van der Waals surface area (Å²) in [5.74, 6) is 0. The number of benzene rings is 2. The van der Waals surface area contributed by atoms with Crippen LogP contribution in [-0.2, 0) is 10.0 Å². The smallest absolute Gasteiger partial charge is 0.264 e. The molecule has 0 heterocycles. The molecule has 0 aromatic heterocycles. The zero-order valence-electron chi connectivity index (χ0n) is 10.6. The van der Waals surface area contributed by atoms with Gasteiger partial charge in [-0.25, -0.2) is 8.42 Å². The molecule has 0 aliphatic heterocycles. The highest BCUT2D eigenvalue weighted by atomic mass is 127. The summed E-state index contributed by atoms with van der Waals surface area (Å²) >= 11 is 6.27. The van der Waals surface area contributed by atoms with Gasteiger partial charge in [0.05, 0.1) is 0 Å². The van der Waals surface area contributed by atoms with E-state index in [2.05, 4.69) is 33.9 Å². The number of hydrogen-bond acceptors (Lipinski definition) is 2. The number of rotatable bonds is 4. The van der Waals surface area contributed by atoms with Crippen LogP contribution >= 0.6 is 67.8 Å². The summed E-state index contributed by atoms with van der Waals surface area (Å²) in [6.45, 7) is 3.67. The lowest BCUT2D eigenvalue weighted by atomic mass is 10.2. The van der Waals surface area contributed by atoms with Gasteiger partial charge in [-0.1, -0.05) is 24.8 Å². The maximum Gasteiger partial charge on any atom is 0.264 e. The van der Waals surface area contributed by atoms with E-state index in [0.717, 1.165) is 9.13 Å². The molecule has 3 nitrogen and oxygen atoms in total. The zero-order valence-corrected chi connectivity index (χ0v) is 17.9. The Bertz CT molecular complexity index is 763. The van der Waals surface area contributed by atoms with E-state index in [0.29, 0.717) is 17.7 Å². The first-order valence-electron chi connectivity index (χ1n) is 5.73. The van der Waals surface area contributed by atoms with Crippen LogP contribution in [0.25, 0.3) is 6.08 Å². The number of hydrogen-bond donors (Lipinski definition) is 1. The van der Waals surface area contributed by atoms with Crippen molar-refractivity contribution in [2.24, 2.45) is 0 Å². The van der Waals surface area contributed by atoms with Crippen molar-refractivity contribution in [3.63, 3.8) is 0 Å². The minimum Gasteiger partial charge on any atom is -0.280 e. The van der Waals surface area contributed by atoms with Gasteiger partial charge in [-0.2, -0.15) is 0 Å². The monoisotopic (exact) mass is 637 g/mol. The average Bonchev–Trinajstić information content (AvgIpc) is 2.37. The fraction of sp³-hybridized carbons (Fsp3) is 0. The number of sulfonamides is 1. The molecule has 2 aromatic carbocycles. The Hall–Kier alpha value is 0.120. The van der Waals surface area contributed by atoms with Gasteiger partial charge in [-0.05, 0) is 97.6 Å². The quantitative estimate of drug-likeness (QED) is 0.484. The van der Waals surface area contributed by atoms with E-state index in [1.807, 2.05) is 69.4 Å². The molecule has 0 atom stereocenters. The zero-order chi connectivity index (χ0) is 15.6. The molecule has 0 aliphatic carbocycles. The Morgan fingerprint density at radius 3 is 2.00 bits per heavy atom. The van der Waals surface area contributed by atoms with E-state index in [4.69, 9.17) is 0 Å². The maximum absolute atomic E-state index is 12.6. The normalized spacial score (nSPS) is 11.2. The van der Waals surface area contributed by atoms with Crippen molar-refractivity contribution in [1.29, 1.82) is 0 Å². The fourth-order valence-corrected chi connectivity index (χ4v) is 8.18. The third-order valence-electron chi connectivity index (χ3n) is 2.63. The van der Waals surface area contributed by atoms with E-state index < -0.39 is 10.0 Å². The van der Waals surface area contributed by atoms with Crippen molar-refractivity contribution in [1.82, 2.24) is 0 Å². The standard InChI is InChI=1S/C14H10I3NO2S/c1-2-9-3-5-11(6-4-9)18-21(19,20)14-12(16)7-10(15)8-13(14)17/h2-8,18H,1H2. The molecule has 0 amide bonds. The highest BCUT2D eigenvalue weighted by Crippen LogP contribution is 2.28. The van der Waals surface area contributed by atoms with Gasteiger partial charge in [0, 0.05) is 16.4 Å². The summed E-state index contributed by atoms with van der Waals surface area (Å²) in [4.78, 5) is 0.317. The number of halogens is 3. The molecular weight excluding hydrogens is 627 g/mol. The predicted molar refractivity (Wildman–Crippen MR) is 112 cm³/mol. The van der Waals surface area contributed by atoms with E-state index in [-0.39, 0.29) is 0 Å². The first kappa shape index (κ1) is 17.5. The lowest BCUT2D eigenvalue weighted by molar-refractivity contribution is 0.600. The summed E-state index contributed by atoms with van der Waals surface area (Å²) in [5.41, 5.74) is 1.47. The third-order valence-corrected chi connectivity index (χ3v) is 7.17. The Morgan fingerprint density at radius 1 is 1.00 bits per heavy atom. The van der Waals surface area contributed by atoms with Gasteiger partial charge in [0.1, 0.15) is 4.90 Å². The molecule has 21 heavy (non-hydrogen) atoms. The van der Waals surface area contributed by atoms with E-state index in [1.165, 1.54) is 0 Å². The average molecular weight is 637 g/mol. The Kier molecular flexibility index (Phi) is 5.93. The largest absolute Gasteiger partial charge is 0.280 e. The summed E-state index contributed by atoms with van der Waals surface area (Å²) in [5, 5.41) is 0. The van der Waals surface area contributed by atoms with Crippen LogP contribution in [0.15, 0.2) is 47.9 Å². The van der Waals surface area contributed by atoms with Gasteiger partial charge >= 0.3 is 0 Å². The summed E-state index contributed by atoms with van der Waals surface area (Å²) in [7, 11) is -3.61. The Balaban J connectivity index is 2.40. The molecule has 0 radical (unpaired) electrons. The molecular formula is C14H10I3NO2S. The first-order valence-corrected chi connectivity index (χ1v) is 10.5. The minimum absolute atomic E-state index is 0.317. The van der Waals surface area contributed by atoms with Gasteiger partial charge < -0.3 is 0 Å². The SMILES string of the molecule is C=Cc1ccc(NS(=O)(=O)c2c(I)cc(I)cc2I)cc1. The fourth-order valence-electron chi connectivity index (χ4n) is 1.68. The van der Waals surface area contributed by atoms with Crippen molar-refractivity contribution in [3.8, 4) is 0 Å². The highest BCUT2D eigenvalue weighted by Gasteiger charge is 2.21. The Labute approximate surface area is 165 Å². The van der Waals surface area contributed by atoms with Gasteiger partial charge in [0.25, 0.3) is 10.0 Å². The van der Waals surface area contributed by atoms with Crippen LogP contribution < -0.4 is 4.72 Å². The van der Waals surface area contributed by atoms with Crippen molar-refractivity contribution in [2.75, 3.05) is 4.72 Å². The van der Waals surface area contributed by atoms with Crippen LogP contribution in [0.1, 0.15) is 5.56 Å². The molecule has 0 bridgehead atoms. The van der Waals surface area contributed by atoms with Crippen LogP contribution in [0, 0.1) is 10.7 Å². The Morgan fingerprint density at radius 2 is 1.52 bits per heavy atom. The van der Waals surface area contributed by atoms with Crippen molar-refractivity contribution in [3.05, 3.63) is 59.3 Å². The number of nitrogens with one attached hydrogen (secondary N) is 1. The molecule has 110 valence electrons. The number of anilines is 1. The summed E-state index contributed by atoms with van der Waals surface area (Å²) < 4.78 is 30.2. The van der Waals surface area contributed by atoms with Crippen molar-refractivity contribution >= 4 is 89.6 Å².